The van der Waals surface area contributed by atoms with E-state index in [1.54, 1.807) is 35.2 Å². The second kappa shape index (κ2) is 6.70. The minimum absolute atomic E-state index is 0.207. The maximum Gasteiger partial charge on any atom is 0.205 e. The molecular weight excluding hydrogens is 269 g/mol. The molecule has 0 saturated heterocycles. The highest BCUT2D eigenvalue weighted by atomic mass is 32.2. The van der Waals surface area contributed by atoms with E-state index in [0.29, 0.717) is 0 Å². The van der Waals surface area contributed by atoms with Gasteiger partial charge in [-0.1, -0.05) is 18.3 Å². The molecule has 0 aliphatic heterocycles. The van der Waals surface area contributed by atoms with Gasteiger partial charge in [-0.2, -0.15) is 0 Å². The van der Waals surface area contributed by atoms with Crippen LogP contribution in [0, 0.1) is 5.82 Å². The quantitative estimate of drug-likeness (QED) is 0.818. The highest BCUT2D eigenvalue weighted by Gasteiger charge is 2.04. The monoisotopic (exact) mass is 283 g/mol. The van der Waals surface area contributed by atoms with Crippen molar-refractivity contribution in [2.24, 2.45) is 0 Å². The zero-order chi connectivity index (χ0) is 12.8. The lowest BCUT2D eigenvalue weighted by Gasteiger charge is -1.98. The van der Waals surface area contributed by atoms with Crippen molar-refractivity contribution < 1.29 is 4.39 Å². The molecule has 0 unspecified atom stereocenters. The Morgan fingerprint density at radius 2 is 2.06 bits per heavy atom. The summed E-state index contributed by atoms with van der Waals surface area (Å²) in [5, 5.41) is 13.2. The van der Waals surface area contributed by atoms with Gasteiger partial charge in [-0.3, -0.25) is 0 Å². The minimum atomic E-state index is -0.207. The SMILES string of the molecule is CCCNc1nnc(CSc2ccc(F)cc2)s1. The van der Waals surface area contributed by atoms with Crippen LogP contribution >= 0.6 is 23.1 Å². The molecule has 1 aromatic heterocycles. The normalized spacial score (nSPS) is 10.6. The van der Waals surface area contributed by atoms with Crippen molar-refractivity contribution in [1.82, 2.24) is 10.2 Å². The number of anilines is 1. The largest absolute Gasteiger partial charge is 0.360 e. The molecule has 1 N–H and O–H groups in total. The van der Waals surface area contributed by atoms with Crippen LogP contribution in [0.5, 0.6) is 0 Å². The summed E-state index contributed by atoms with van der Waals surface area (Å²) in [5.74, 6) is 0.554. The molecule has 1 aromatic carbocycles. The molecule has 3 nitrogen and oxygen atoms in total. The summed E-state index contributed by atoms with van der Waals surface area (Å²) >= 11 is 3.20. The molecule has 0 bridgehead atoms. The molecule has 6 heteroatoms. The number of hydrogen-bond acceptors (Lipinski definition) is 5. The van der Waals surface area contributed by atoms with E-state index in [-0.39, 0.29) is 5.82 Å². The second-order valence-corrected chi connectivity index (χ2v) is 5.78. The molecule has 0 saturated carbocycles. The average Bonchev–Trinajstić information content (AvgIpc) is 2.84. The summed E-state index contributed by atoms with van der Waals surface area (Å²) in [6, 6.07) is 6.49. The lowest BCUT2D eigenvalue weighted by atomic mass is 10.4. The molecule has 18 heavy (non-hydrogen) atoms. The fourth-order valence-corrected chi connectivity index (χ4v) is 2.94. The third-order valence-electron chi connectivity index (χ3n) is 2.17. The first kappa shape index (κ1) is 13.3. The third kappa shape index (κ3) is 3.96. The van der Waals surface area contributed by atoms with Gasteiger partial charge in [0, 0.05) is 11.4 Å². The summed E-state index contributed by atoms with van der Waals surface area (Å²) in [6.07, 6.45) is 1.07. The molecule has 0 spiro atoms. The van der Waals surface area contributed by atoms with E-state index in [1.165, 1.54) is 12.1 Å². The van der Waals surface area contributed by atoms with Crippen LogP contribution in [0.2, 0.25) is 0 Å². The molecule has 0 amide bonds. The lowest BCUT2D eigenvalue weighted by molar-refractivity contribution is 0.626. The Morgan fingerprint density at radius 1 is 1.28 bits per heavy atom. The van der Waals surface area contributed by atoms with E-state index < -0.39 is 0 Å². The molecule has 0 fully saturated rings. The van der Waals surface area contributed by atoms with Crippen LogP contribution in [0.1, 0.15) is 18.4 Å². The van der Waals surface area contributed by atoms with Crippen molar-refractivity contribution in [3.63, 3.8) is 0 Å². The van der Waals surface area contributed by atoms with Gasteiger partial charge in [0.2, 0.25) is 5.13 Å². The topological polar surface area (TPSA) is 37.8 Å². The summed E-state index contributed by atoms with van der Waals surface area (Å²) in [5.41, 5.74) is 0. The Kier molecular flexibility index (Phi) is 4.95. The van der Waals surface area contributed by atoms with E-state index in [2.05, 4.69) is 22.4 Å². The fourth-order valence-electron chi connectivity index (χ4n) is 1.29. The highest BCUT2D eigenvalue weighted by molar-refractivity contribution is 7.98. The van der Waals surface area contributed by atoms with Gasteiger partial charge in [0.05, 0.1) is 5.75 Å². The van der Waals surface area contributed by atoms with Crippen LogP contribution in [-0.2, 0) is 5.75 Å². The van der Waals surface area contributed by atoms with Crippen molar-refractivity contribution in [2.45, 2.75) is 24.0 Å². The second-order valence-electron chi connectivity index (χ2n) is 3.67. The van der Waals surface area contributed by atoms with Crippen molar-refractivity contribution in [3.05, 3.63) is 35.1 Å². The number of thioether (sulfide) groups is 1. The Labute approximate surface area is 114 Å². The number of nitrogens with zero attached hydrogens (tertiary/aromatic N) is 2. The zero-order valence-electron chi connectivity index (χ0n) is 10.0. The number of aromatic nitrogens is 2. The number of hydrogen-bond donors (Lipinski definition) is 1. The van der Waals surface area contributed by atoms with E-state index in [0.717, 1.165) is 33.8 Å². The van der Waals surface area contributed by atoms with Crippen molar-refractivity contribution in [3.8, 4) is 0 Å². The van der Waals surface area contributed by atoms with Gasteiger partial charge < -0.3 is 5.32 Å². The molecule has 0 radical (unpaired) electrons. The first-order valence-corrected chi connectivity index (χ1v) is 7.52. The van der Waals surface area contributed by atoms with Crippen LogP contribution in [0.3, 0.4) is 0 Å². The van der Waals surface area contributed by atoms with Crippen LogP contribution < -0.4 is 5.32 Å². The van der Waals surface area contributed by atoms with Crippen molar-refractivity contribution in [1.29, 1.82) is 0 Å². The molecule has 0 aliphatic rings. The first-order valence-electron chi connectivity index (χ1n) is 5.72. The van der Waals surface area contributed by atoms with Crippen LogP contribution in [0.15, 0.2) is 29.2 Å². The van der Waals surface area contributed by atoms with Gasteiger partial charge >= 0.3 is 0 Å². The number of nitrogens with one attached hydrogen (secondary N) is 1. The van der Waals surface area contributed by atoms with Crippen LogP contribution in [0.4, 0.5) is 9.52 Å². The maximum atomic E-state index is 12.7. The number of halogens is 1. The Hall–Kier alpha value is -1.14. The van der Waals surface area contributed by atoms with Crippen molar-refractivity contribution >= 4 is 28.2 Å². The maximum absolute atomic E-state index is 12.7. The van der Waals surface area contributed by atoms with Crippen LogP contribution in [0.25, 0.3) is 0 Å². The molecule has 0 aliphatic carbocycles. The summed E-state index contributed by atoms with van der Waals surface area (Å²) in [6.45, 7) is 3.03. The first-order chi connectivity index (χ1) is 8.78. The zero-order valence-corrected chi connectivity index (χ0v) is 11.7. The minimum Gasteiger partial charge on any atom is -0.360 e. The predicted molar refractivity (Wildman–Crippen MR) is 74.7 cm³/mol. The molecule has 2 aromatic rings. The van der Waals surface area contributed by atoms with E-state index in [9.17, 15) is 4.39 Å². The van der Waals surface area contributed by atoms with Gasteiger partial charge in [0.25, 0.3) is 0 Å². The average molecular weight is 283 g/mol. The molecular formula is C12H14FN3S2. The predicted octanol–water partition coefficient (Wildman–Crippen LogP) is 3.79. The molecule has 0 atom stereocenters. The summed E-state index contributed by atoms with van der Waals surface area (Å²) < 4.78 is 12.7. The van der Waals surface area contributed by atoms with Crippen LogP contribution in [-0.4, -0.2) is 16.7 Å². The standard InChI is InChI=1S/C12H14FN3S2/c1-2-7-14-12-16-15-11(18-12)8-17-10-5-3-9(13)4-6-10/h3-6H,2,7-8H2,1H3,(H,14,16). The highest BCUT2D eigenvalue weighted by Crippen LogP contribution is 2.25. The number of rotatable bonds is 6. The Balaban J connectivity index is 1.86. The van der Waals surface area contributed by atoms with Gasteiger partial charge in [-0.15, -0.1) is 22.0 Å². The van der Waals surface area contributed by atoms with Gasteiger partial charge in [-0.25, -0.2) is 4.39 Å². The summed E-state index contributed by atoms with van der Waals surface area (Å²) in [7, 11) is 0. The fraction of sp³-hybridized carbons (Fsp3) is 0.333. The van der Waals surface area contributed by atoms with Gasteiger partial charge in [0.15, 0.2) is 0 Å². The summed E-state index contributed by atoms with van der Waals surface area (Å²) in [4.78, 5) is 1.04. The van der Waals surface area contributed by atoms with E-state index >= 15 is 0 Å². The van der Waals surface area contributed by atoms with E-state index in [1.807, 2.05) is 0 Å². The molecule has 1 heterocycles. The van der Waals surface area contributed by atoms with Gasteiger partial charge in [0.1, 0.15) is 10.8 Å². The smallest absolute Gasteiger partial charge is 0.205 e. The van der Waals surface area contributed by atoms with E-state index in [4.69, 9.17) is 0 Å². The van der Waals surface area contributed by atoms with Crippen molar-refractivity contribution in [2.75, 3.05) is 11.9 Å². The molecule has 2 rings (SSSR count). The molecule has 96 valence electrons. The number of benzene rings is 1. The lowest BCUT2D eigenvalue weighted by Crippen LogP contribution is -1.98. The van der Waals surface area contributed by atoms with Gasteiger partial charge in [-0.05, 0) is 30.7 Å². The Bertz CT molecular complexity index is 484. The Morgan fingerprint density at radius 3 is 2.78 bits per heavy atom. The third-order valence-corrected chi connectivity index (χ3v) is 4.26.